The van der Waals surface area contributed by atoms with Crippen LogP contribution in [-0.4, -0.2) is 67.4 Å². The van der Waals surface area contributed by atoms with Gasteiger partial charge < -0.3 is 30.2 Å². The minimum Gasteiger partial charge on any atom is -0.495 e. The second-order valence-corrected chi connectivity index (χ2v) is 11.6. The Morgan fingerprint density at radius 2 is 1.65 bits per heavy atom. The van der Waals surface area contributed by atoms with Gasteiger partial charge in [0, 0.05) is 48.7 Å². The van der Waals surface area contributed by atoms with E-state index in [1.54, 1.807) is 13.2 Å². The van der Waals surface area contributed by atoms with Crippen molar-refractivity contribution in [1.29, 1.82) is 0 Å². The van der Waals surface area contributed by atoms with Crippen molar-refractivity contribution in [3.05, 3.63) is 71.9 Å². The third-order valence-corrected chi connectivity index (χ3v) is 7.31. The third kappa shape index (κ3) is 7.71. The number of morpholine rings is 1. The number of hydrogen-bond acceptors (Lipinski definition) is 8. The summed E-state index contributed by atoms with van der Waals surface area (Å²) >= 11 is 0. The van der Waals surface area contributed by atoms with Gasteiger partial charge >= 0.3 is 6.03 Å². The van der Waals surface area contributed by atoms with Gasteiger partial charge in [-0.1, -0.05) is 51.1 Å². The highest BCUT2D eigenvalue weighted by atomic mass is 16.5. The molecule has 10 nitrogen and oxygen atoms in total. The van der Waals surface area contributed by atoms with Crippen LogP contribution in [-0.2, 0) is 10.2 Å². The number of amides is 2. The van der Waals surface area contributed by atoms with E-state index in [4.69, 9.17) is 14.2 Å². The maximum atomic E-state index is 13.2. The highest BCUT2D eigenvalue weighted by Gasteiger charge is 2.18. The molecule has 10 heteroatoms. The van der Waals surface area contributed by atoms with Crippen LogP contribution >= 0.6 is 0 Å². The zero-order valence-corrected chi connectivity index (χ0v) is 25.5. The first-order valence-electron chi connectivity index (χ1n) is 14.6. The van der Waals surface area contributed by atoms with E-state index < -0.39 is 0 Å². The Morgan fingerprint density at radius 3 is 2.40 bits per heavy atom. The third-order valence-electron chi connectivity index (χ3n) is 7.31. The number of benzene rings is 3. The molecule has 43 heavy (non-hydrogen) atoms. The lowest BCUT2D eigenvalue weighted by atomic mass is 9.87. The molecule has 5 rings (SSSR count). The van der Waals surface area contributed by atoms with Gasteiger partial charge in [-0.05, 0) is 42.2 Å². The van der Waals surface area contributed by atoms with E-state index in [1.165, 1.54) is 0 Å². The number of aryl methyl sites for hydroxylation is 1. The summed E-state index contributed by atoms with van der Waals surface area (Å²) in [6.45, 7) is 13.3. The number of anilines is 3. The number of nitrogens with zero attached hydrogens (tertiary/aromatic N) is 3. The van der Waals surface area contributed by atoms with Gasteiger partial charge in [0.15, 0.2) is 0 Å². The van der Waals surface area contributed by atoms with E-state index in [2.05, 4.69) is 51.6 Å². The summed E-state index contributed by atoms with van der Waals surface area (Å²) < 4.78 is 17.2. The van der Waals surface area contributed by atoms with Crippen molar-refractivity contribution in [2.45, 2.75) is 33.1 Å². The number of fused-ring (bicyclic) bond motifs is 1. The molecule has 3 N–H and O–H groups in total. The monoisotopic (exact) mass is 584 g/mol. The van der Waals surface area contributed by atoms with Gasteiger partial charge in [-0.25, -0.2) is 9.78 Å². The zero-order chi connectivity index (χ0) is 30.4. The first kappa shape index (κ1) is 30.1. The van der Waals surface area contributed by atoms with E-state index in [9.17, 15) is 4.79 Å². The molecule has 1 aliphatic rings. The highest BCUT2D eigenvalue weighted by molar-refractivity contribution is 6.08. The highest BCUT2D eigenvalue weighted by Crippen LogP contribution is 2.35. The lowest BCUT2D eigenvalue weighted by molar-refractivity contribution is 0.0398. The normalized spacial score (nSPS) is 13.9. The van der Waals surface area contributed by atoms with Gasteiger partial charge in [0.25, 0.3) is 0 Å². The Morgan fingerprint density at radius 1 is 0.930 bits per heavy atom. The Kier molecular flexibility index (Phi) is 9.27. The maximum absolute atomic E-state index is 13.2. The SMILES string of the molecule is COc1ccc(C(C)(C)C)cc1NC(=O)Nc1ccc(Oc2cc(C)nc(NCCN3CCOCC3)n2)c2ccccc12. The zero-order valence-electron chi connectivity index (χ0n) is 25.5. The molecule has 4 aromatic rings. The van der Waals surface area contributed by atoms with E-state index in [0.29, 0.717) is 34.7 Å². The minimum absolute atomic E-state index is 0.0762. The first-order chi connectivity index (χ1) is 20.7. The van der Waals surface area contributed by atoms with Crippen LogP contribution in [0.5, 0.6) is 17.4 Å². The predicted octanol–water partition coefficient (Wildman–Crippen LogP) is 6.42. The smallest absolute Gasteiger partial charge is 0.323 e. The molecular formula is C33H40N6O4. The van der Waals surface area contributed by atoms with Crippen LogP contribution in [0.25, 0.3) is 10.8 Å². The summed E-state index contributed by atoms with van der Waals surface area (Å²) in [5.41, 5.74) is 3.06. The second kappa shape index (κ2) is 13.3. The lowest BCUT2D eigenvalue weighted by Crippen LogP contribution is -2.39. The summed E-state index contributed by atoms with van der Waals surface area (Å²) in [7, 11) is 1.59. The van der Waals surface area contributed by atoms with Gasteiger partial charge in [-0.2, -0.15) is 4.98 Å². The fourth-order valence-corrected chi connectivity index (χ4v) is 4.95. The Hall–Kier alpha value is -4.41. The number of urea groups is 1. The molecule has 1 fully saturated rings. The summed E-state index contributed by atoms with van der Waals surface area (Å²) in [4.78, 5) is 24.6. The van der Waals surface area contributed by atoms with Gasteiger partial charge in [-0.3, -0.25) is 4.90 Å². The van der Waals surface area contributed by atoms with E-state index in [-0.39, 0.29) is 11.4 Å². The standard InChI is InChI=1S/C33H40N6O4/c1-22-20-30(38-31(35-22)34-14-15-39-16-18-42-19-17-39)43-28-13-11-26(24-8-6-7-9-25(24)28)36-32(40)37-27-21-23(33(2,3)4)10-12-29(27)41-5/h6-13,20-21H,14-19H2,1-5H3,(H,34,35,38)(H2,36,37,40). The molecule has 0 atom stereocenters. The first-order valence-corrected chi connectivity index (χ1v) is 14.6. The molecule has 0 unspecified atom stereocenters. The fraction of sp³-hybridized carbons (Fsp3) is 0.364. The molecule has 1 saturated heterocycles. The second-order valence-electron chi connectivity index (χ2n) is 11.6. The van der Waals surface area contributed by atoms with Gasteiger partial charge in [0.05, 0.1) is 31.7 Å². The van der Waals surface area contributed by atoms with Crippen LogP contribution in [0.3, 0.4) is 0 Å². The average Bonchev–Trinajstić information content (AvgIpc) is 2.98. The fourth-order valence-electron chi connectivity index (χ4n) is 4.95. The number of ether oxygens (including phenoxy) is 3. The lowest BCUT2D eigenvalue weighted by Gasteiger charge is -2.26. The van der Waals surface area contributed by atoms with Gasteiger partial charge in [-0.15, -0.1) is 0 Å². The molecule has 1 aromatic heterocycles. The van der Waals surface area contributed by atoms with Gasteiger partial charge in [0.1, 0.15) is 11.5 Å². The number of carbonyl (C=O) groups excluding carboxylic acids is 1. The quantitative estimate of drug-likeness (QED) is 0.207. The molecule has 0 spiro atoms. The molecule has 1 aliphatic heterocycles. The number of methoxy groups -OCH3 is 1. The van der Waals surface area contributed by atoms with Crippen molar-refractivity contribution < 1.29 is 19.0 Å². The topological polar surface area (TPSA) is 110 Å². The largest absolute Gasteiger partial charge is 0.495 e. The summed E-state index contributed by atoms with van der Waals surface area (Å²) in [5.74, 6) is 2.18. The van der Waals surface area contributed by atoms with Crippen molar-refractivity contribution >= 4 is 34.1 Å². The number of hydrogen-bond donors (Lipinski definition) is 3. The van der Waals surface area contributed by atoms with Crippen LogP contribution in [0, 0.1) is 6.92 Å². The van der Waals surface area contributed by atoms with Crippen LogP contribution in [0.2, 0.25) is 0 Å². The number of aromatic nitrogens is 2. The van der Waals surface area contributed by atoms with E-state index in [0.717, 1.165) is 61.4 Å². The van der Waals surface area contributed by atoms with Crippen molar-refractivity contribution in [3.8, 4) is 17.4 Å². The molecule has 2 heterocycles. The van der Waals surface area contributed by atoms with Crippen LogP contribution in [0.1, 0.15) is 32.0 Å². The summed E-state index contributed by atoms with van der Waals surface area (Å²) in [6.07, 6.45) is 0. The van der Waals surface area contributed by atoms with Crippen molar-refractivity contribution in [1.82, 2.24) is 14.9 Å². The molecule has 3 aromatic carbocycles. The van der Waals surface area contributed by atoms with Crippen LogP contribution in [0.4, 0.5) is 22.1 Å². The Balaban J connectivity index is 1.31. The average molecular weight is 585 g/mol. The molecular weight excluding hydrogens is 544 g/mol. The molecule has 2 amide bonds. The van der Waals surface area contributed by atoms with E-state index in [1.807, 2.05) is 61.5 Å². The minimum atomic E-state index is -0.373. The molecule has 0 bridgehead atoms. The summed E-state index contributed by atoms with van der Waals surface area (Å²) in [5, 5.41) is 10.9. The van der Waals surface area contributed by atoms with Crippen molar-refractivity contribution in [2.75, 3.05) is 62.5 Å². The molecule has 0 aliphatic carbocycles. The number of nitrogens with one attached hydrogen (secondary N) is 3. The van der Waals surface area contributed by atoms with Crippen molar-refractivity contribution in [2.24, 2.45) is 0 Å². The molecule has 0 radical (unpaired) electrons. The van der Waals surface area contributed by atoms with E-state index >= 15 is 0 Å². The molecule has 226 valence electrons. The van der Waals surface area contributed by atoms with Crippen LogP contribution in [0.15, 0.2) is 60.7 Å². The Bertz CT molecular complexity index is 1580. The number of rotatable bonds is 9. The van der Waals surface area contributed by atoms with Gasteiger partial charge in [0.2, 0.25) is 11.8 Å². The van der Waals surface area contributed by atoms with Crippen LogP contribution < -0.4 is 25.4 Å². The summed E-state index contributed by atoms with van der Waals surface area (Å²) in [6, 6.07) is 18.7. The Labute approximate surface area is 252 Å². The number of carbonyl (C=O) groups is 1. The predicted molar refractivity (Wildman–Crippen MR) is 171 cm³/mol. The molecule has 0 saturated carbocycles. The van der Waals surface area contributed by atoms with Crippen molar-refractivity contribution in [3.63, 3.8) is 0 Å². The maximum Gasteiger partial charge on any atom is 0.323 e.